The molecule has 0 radical (unpaired) electrons. The lowest BCUT2D eigenvalue weighted by Gasteiger charge is -2.34. The van der Waals surface area contributed by atoms with Gasteiger partial charge in [-0.25, -0.2) is 0 Å². The van der Waals surface area contributed by atoms with Crippen LogP contribution in [0.2, 0.25) is 0 Å². The van der Waals surface area contributed by atoms with E-state index < -0.39 is 0 Å². The summed E-state index contributed by atoms with van der Waals surface area (Å²) in [6.45, 7) is 9.40. The number of piperidine rings is 1. The zero-order valence-electron chi connectivity index (χ0n) is 14.4. The number of rotatable bonds is 6. The molecule has 1 aromatic carbocycles. The second-order valence-electron chi connectivity index (χ2n) is 6.85. The molecule has 0 atom stereocenters. The molecule has 1 amide bonds. The van der Waals surface area contributed by atoms with E-state index in [1.165, 1.54) is 5.56 Å². The smallest absolute Gasteiger partial charge is 0.257 e. The molecule has 130 valence electrons. The van der Waals surface area contributed by atoms with E-state index in [0.29, 0.717) is 5.92 Å². The van der Waals surface area contributed by atoms with E-state index in [0.717, 1.165) is 38.2 Å². The summed E-state index contributed by atoms with van der Waals surface area (Å²) in [6.07, 6.45) is 2.20. The second-order valence-corrected chi connectivity index (χ2v) is 6.85. The number of carbonyl (C=O) groups is 1. The third-order valence-electron chi connectivity index (χ3n) is 4.42. The van der Waals surface area contributed by atoms with Crippen molar-refractivity contribution in [3.8, 4) is 5.75 Å². The fourth-order valence-electron chi connectivity index (χ4n) is 2.68. The fourth-order valence-corrected chi connectivity index (χ4v) is 2.68. The first kappa shape index (κ1) is 19.8. The van der Waals surface area contributed by atoms with E-state index in [1.807, 2.05) is 18.2 Å². The van der Waals surface area contributed by atoms with E-state index >= 15 is 0 Å². The minimum Gasteiger partial charge on any atom is -0.484 e. The molecule has 0 saturated carbocycles. The van der Waals surface area contributed by atoms with Gasteiger partial charge in [0.05, 0.1) is 0 Å². The van der Waals surface area contributed by atoms with Crippen LogP contribution in [0.25, 0.3) is 0 Å². The number of halogens is 1. The van der Waals surface area contributed by atoms with Gasteiger partial charge >= 0.3 is 0 Å². The minimum atomic E-state index is -0.0466. The van der Waals surface area contributed by atoms with Gasteiger partial charge in [-0.1, -0.05) is 32.9 Å². The van der Waals surface area contributed by atoms with Crippen molar-refractivity contribution in [2.45, 2.75) is 39.5 Å². The normalized spacial score (nSPS) is 16.5. The van der Waals surface area contributed by atoms with E-state index in [1.54, 1.807) is 0 Å². The van der Waals surface area contributed by atoms with Crippen molar-refractivity contribution in [1.82, 2.24) is 10.6 Å². The van der Waals surface area contributed by atoms with Crippen molar-refractivity contribution in [2.24, 2.45) is 5.41 Å². The first-order valence-electron chi connectivity index (χ1n) is 8.19. The molecule has 1 aliphatic heterocycles. The van der Waals surface area contributed by atoms with Gasteiger partial charge in [0.15, 0.2) is 6.61 Å². The van der Waals surface area contributed by atoms with Gasteiger partial charge in [-0.15, -0.1) is 12.4 Å². The highest BCUT2D eigenvalue weighted by molar-refractivity contribution is 5.85. The predicted octanol–water partition coefficient (Wildman–Crippen LogP) is 3.12. The zero-order chi connectivity index (χ0) is 16.0. The van der Waals surface area contributed by atoms with Crippen LogP contribution < -0.4 is 15.4 Å². The SMILES string of the molecule is CC(C)c1cccc(OCC(=O)NCC2(C)CCNCC2)c1.Cl. The van der Waals surface area contributed by atoms with Crippen molar-refractivity contribution in [2.75, 3.05) is 26.2 Å². The molecule has 2 rings (SSSR count). The van der Waals surface area contributed by atoms with Gasteiger partial charge in [0, 0.05) is 6.54 Å². The highest BCUT2D eigenvalue weighted by atomic mass is 35.5. The number of hydrogen-bond acceptors (Lipinski definition) is 3. The summed E-state index contributed by atoms with van der Waals surface area (Å²) in [4.78, 5) is 12.0. The number of ether oxygens (including phenoxy) is 1. The van der Waals surface area contributed by atoms with Crippen LogP contribution in [0.3, 0.4) is 0 Å². The van der Waals surface area contributed by atoms with Crippen LogP contribution >= 0.6 is 12.4 Å². The summed E-state index contributed by atoms with van der Waals surface area (Å²) in [5.41, 5.74) is 1.43. The molecular weight excluding hydrogens is 312 g/mol. The third-order valence-corrected chi connectivity index (χ3v) is 4.42. The first-order valence-corrected chi connectivity index (χ1v) is 8.19. The predicted molar refractivity (Wildman–Crippen MR) is 96.5 cm³/mol. The Bertz CT molecular complexity index is 500. The van der Waals surface area contributed by atoms with Gasteiger partial charge in [-0.3, -0.25) is 4.79 Å². The van der Waals surface area contributed by atoms with Gasteiger partial charge in [0.25, 0.3) is 5.91 Å². The molecule has 0 spiro atoms. The third kappa shape index (κ3) is 6.40. The van der Waals surface area contributed by atoms with Crippen LogP contribution in [0.15, 0.2) is 24.3 Å². The van der Waals surface area contributed by atoms with Crippen molar-refractivity contribution >= 4 is 18.3 Å². The Hall–Kier alpha value is -1.26. The standard InChI is InChI=1S/C18H28N2O2.ClH/c1-14(2)15-5-4-6-16(11-15)22-12-17(21)20-13-18(3)7-9-19-10-8-18;/h4-6,11,14,19H,7-10,12-13H2,1-3H3,(H,20,21);1H. The summed E-state index contributed by atoms with van der Waals surface area (Å²) in [5.74, 6) is 1.17. The van der Waals surface area contributed by atoms with Crippen LogP contribution in [-0.4, -0.2) is 32.1 Å². The quantitative estimate of drug-likeness (QED) is 0.836. The lowest BCUT2D eigenvalue weighted by atomic mass is 9.81. The summed E-state index contributed by atoms with van der Waals surface area (Å²) < 4.78 is 5.61. The van der Waals surface area contributed by atoms with Gasteiger partial charge in [-0.05, 0) is 55.0 Å². The fraction of sp³-hybridized carbons (Fsp3) is 0.611. The summed E-state index contributed by atoms with van der Waals surface area (Å²) in [6, 6.07) is 7.95. The average Bonchev–Trinajstić information content (AvgIpc) is 2.52. The highest BCUT2D eigenvalue weighted by Crippen LogP contribution is 2.26. The number of hydrogen-bond donors (Lipinski definition) is 2. The molecule has 1 aromatic rings. The maximum atomic E-state index is 12.0. The van der Waals surface area contributed by atoms with Crippen molar-refractivity contribution in [3.63, 3.8) is 0 Å². The number of benzene rings is 1. The first-order chi connectivity index (χ1) is 10.5. The summed E-state index contributed by atoms with van der Waals surface area (Å²) in [5, 5.41) is 6.36. The lowest BCUT2D eigenvalue weighted by Crippen LogP contribution is -2.43. The molecule has 0 aromatic heterocycles. The molecule has 1 saturated heterocycles. The molecule has 0 unspecified atom stereocenters. The monoisotopic (exact) mass is 340 g/mol. The topological polar surface area (TPSA) is 50.4 Å². The second kappa shape index (κ2) is 9.14. The number of carbonyl (C=O) groups excluding carboxylic acids is 1. The van der Waals surface area contributed by atoms with Crippen LogP contribution in [-0.2, 0) is 4.79 Å². The van der Waals surface area contributed by atoms with Gasteiger partial charge in [-0.2, -0.15) is 0 Å². The Morgan fingerprint density at radius 2 is 2.04 bits per heavy atom. The largest absolute Gasteiger partial charge is 0.484 e. The molecule has 5 heteroatoms. The molecule has 1 fully saturated rings. The Morgan fingerprint density at radius 1 is 1.35 bits per heavy atom. The maximum Gasteiger partial charge on any atom is 0.257 e. The van der Waals surface area contributed by atoms with Crippen LogP contribution in [0.5, 0.6) is 5.75 Å². The van der Waals surface area contributed by atoms with Crippen molar-refractivity contribution in [3.05, 3.63) is 29.8 Å². The van der Waals surface area contributed by atoms with E-state index in [9.17, 15) is 4.79 Å². The molecule has 1 heterocycles. The molecule has 0 bridgehead atoms. The average molecular weight is 341 g/mol. The Kier molecular flexibility index (Phi) is 7.86. The van der Waals surface area contributed by atoms with E-state index in [2.05, 4.69) is 37.5 Å². The van der Waals surface area contributed by atoms with E-state index in [-0.39, 0.29) is 30.3 Å². The van der Waals surface area contributed by atoms with Crippen molar-refractivity contribution < 1.29 is 9.53 Å². The van der Waals surface area contributed by atoms with Crippen LogP contribution in [0, 0.1) is 5.41 Å². The molecule has 0 aliphatic carbocycles. The molecule has 23 heavy (non-hydrogen) atoms. The molecule has 2 N–H and O–H groups in total. The van der Waals surface area contributed by atoms with Gasteiger partial charge in [0.1, 0.15) is 5.75 Å². The number of amides is 1. The Balaban J connectivity index is 0.00000264. The van der Waals surface area contributed by atoms with Gasteiger partial charge in [0.2, 0.25) is 0 Å². The van der Waals surface area contributed by atoms with Crippen LogP contribution in [0.1, 0.15) is 45.1 Å². The molecule has 4 nitrogen and oxygen atoms in total. The van der Waals surface area contributed by atoms with Crippen LogP contribution in [0.4, 0.5) is 0 Å². The minimum absolute atomic E-state index is 0. The molecular formula is C18H29ClN2O2. The van der Waals surface area contributed by atoms with E-state index in [4.69, 9.17) is 4.74 Å². The highest BCUT2D eigenvalue weighted by Gasteiger charge is 2.26. The Morgan fingerprint density at radius 3 is 2.70 bits per heavy atom. The molecule has 1 aliphatic rings. The zero-order valence-corrected chi connectivity index (χ0v) is 15.2. The summed E-state index contributed by atoms with van der Waals surface area (Å²) >= 11 is 0. The number of nitrogens with one attached hydrogen (secondary N) is 2. The summed E-state index contributed by atoms with van der Waals surface area (Å²) in [7, 11) is 0. The van der Waals surface area contributed by atoms with Gasteiger partial charge < -0.3 is 15.4 Å². The lowest BCUT2D eigenvalue weighted by molar-refractivity contribution is -0.123. The Labute approximate surface area is 145 Å². The van der Waals surface area contributed by atoms with Crippen molar-refractivity contribution in [1.29, 1.82) is 0 Å². The maximum absolute atomic E-state index is 12.0.